The summed E-state index contributed by atoms with van der Waals surface area (Å²) in [5.41, 5.74) is -0.553. The second-order valence-corrected chi connectivity index (χ2v) is 5.68. The molecule has 1 saturated carbocycles. The van der Waals surface area contributed by atoms with Gasteiger partial charge in [-0.15, -0.1) is 0 Å². The van der Waals surface area contributed by atoms with E-state index in [1.54, 1.807) is 19.1 Å². The van der Waals surface area contributed by atoms with Gasteiger partial charge in [-0.25, -0.2) is 4.39 Å². The van der Waals surface area contributed by atoms with E-state index >= 15 is 0 Å². The number of carbonyl (C=O) groups is 1. The number of aliphatic hydroxyl groups is 1. The Balaban J connectivity index is 1.97. The Morgan fingerprint density at radius 1 is 1.38 bits per heavy atom. The van der Waals surface area contributed by atoms with Gasteiger partial charge in [0.2, 0.25) is 0 Å². The maximum Gasteiger partial charge on any atom is 0.261 e. The Morgan fingerprint density at radius 2 is 2.05 bits per heavy atom. The molecule has 116 valence electrons. The predicted octanol–water partition coefficient (Wildman–Crippen LogP) is 2.40. The number of hydrogen-bond donors (Lipinski definition) is 2. The van der Waals surface area contributed by atoms with Crippen LogP contribution in [0.5, 0.6) is 5.75 Å². The number of benzene rings is 1. The zero-order valence-corrected chi connectivity index (χ0v) is 12.3. The summed E-state index contributed by atoms with van der Waals surface area (Å²) < 4.78 is 18.9. The largest absolute Gasteiger partial charge is 0.478 e. The summed E-state index contributed by atoms with van der Waals surface area (Å²) in [4.78, 5) is 12.2. The van der Waals surface area contributed by atoms with E-state index in [1.807, 2.05) is 0 Å². The molecule has 1 amide bonds. The number of nitrogens with one attached hydrogen (secondary N) is 1. The van der Waals surface area contributed by atoms with Crippen molar-refractivity contribution < 1.29 is 19.0 Å². The highest BCUT2D eigenvalue weighted by molar-refractivity contribution is 5.81. The molecule has 21 heavy (non-hydrogen) atoms. The number of ether oxygens (including phenoxy) is 1. The number of aliphatic hydroxyl groups excluding tert-OH is 1. The van der Waals surface area contributed by atoms with Gasteiger partial charge in [-0.2, -0.15) is 0 Å². The van der Waals surface area contributed by atoms with Crippen LogP contribution in [-0.4, -0.2) is 29.3 Å². The zero-order chi connectivity index (χ0) is 15.3. The molecule has 1 unspecified atom stereocenters. The SMILES string of the molecule is CC(Oc1ccccc1F)C(=O)NC1(CO)CCCCC1. The standard InChI is InChI=1S/C16H22FNO3/c1-12(21-14-8-4-3-7-13(14)17)15(20)18-16(11-19)9-5-2-6-10-16/h3-4,7-8,12,19H,2,5-6,9-11H2,1H3,(H,18,20). The minimum atomic E-state index is -0.813. The molecular weight excluding hydrogens is 273 g/mol. The van der Waals surface area contributed by atoms with Gasteiger partial charge in [-0.1, -0.05) is 31.4 Å². The fraction of sp³-hybridized carbons (Fsp3) is 0.562. The number of amides is 1. The molecule has 1 aliphatic carbocycles. The van der Waals surface area contributed by atoms with Gasteiger partial charge in [0.05, 0.1) is 12.1 Å². The highest BCUT2D eigenvalue weighted by Gasteiger charge is 2.34. The topological polar surface area (TPSA) is 58.6 Å². The van der Waals surface area contributed by atoms with Crippen molar-refractivity contribution in [3.8, 4) is 5.75 Å². The van der Waals surface area contributed by atoms with E-state index in [0.29, 0.717) is 0 Å². The molecule has 1 aromatic rings. The monoisotopic (exact) mass is 295 g/mol. The van der Waals surface area contributed by atoms with Crippen LogP contribution in [0.15, 0.2) is 24.3 Å². The molecule has 4 nitrogen and oxygen atoms in total. The lowest BCUT2D eigenvalue weighted by Crippen LogP contribution is -2.55. The van der Waals surface area contributed by atoms with Gasteiger partial charge in [0, 0.05) is 0 Å². The van der Waals surface area contributed by atoms with Crippen LogP contribution < -0.4 is 10.1 Å². The number of halogens is 1. The van der Waals surface area contributed by atoms with Crippen LogP contribution in [-0.2, 0) is 4.79 Å². The van der Waals surface area contributed by atoms with Crippen molar-refractivity contribution in [3.63, 3.8) is 0 Å². The maximum atomic E-state index is 13.5. The summed E-state index contributed by atoms with van der Waals surface area (Å²) in [6, 6.07) is 5.99. The molecule has 5 heteroatoms. The molecule has 2 N–H and O–H groups in total. The Bertz CT molecular complexity index is 486. The van der Waals surface area contributed by atoms with Gasteiger partial charge in [0.15, 0.2) is 17.7 Å². The van der Waals surface area contributed by atoms with Crippen molar-refractivity contribution in [2.24, 2.45) is 0 Å². The van der Waals surface area contributed by atoms with Crippen LogP contribution in [0.2, 0.25) is 0 Å². The Hall–Kier alpha value is -1.62. The summed E-state index contributed by atoms with van der Waals surface area (Å²) in [5, 5.41) is 12.5. The second kappa shape index (κ2) is 6.89. The van der Waals surface area contributed by atoms with Gasteiger partial charge in [-0.3, -0.25) is 4.79 Å². The molecule has 0 saturated heterocycles. The molecule has 2 rings (SSSR count). The summed E-state index contributed by atoms with van der Waals surface area (Å²) in [7, 11) is 0. The van der Waals surface area contributed by atoms with E-state index < -0.39 is 17.5 Å². The molecule has 0 heterocycles. The van der Waals surface area contributed by atoms with E-state index in [2.05, 4.69) is 5.32 Å². The first-order valence-corrected chi connectivity index (χ1v) is 7.40. The molecular formula is C16H22FNO3. The fourth-order valence-corrected chi connectivity index (χ4v) is 2.70. The second-order valence-electron chi connectivity index (χ2n) is 5.68. The van der Waals surface area contributed by atoms with Crippen molar-refractivity contribution in [2.75, 3.05) is 6.61 Å². The maximum absolute atomic E-state index is 13.5. The highest BCUT2D eigenvalue weighted by atomic mass is 19.1. The quantitative estimate of drug-likeness (QED) is 0.877. The zero-order valence-electron chi connectivity index (χ0n) is 12.3. The van der Waals surface area contributed by atoms with Gasteiger partial charge in [-0.05, 0) is 31.9 Å². The van der Waals surface area contributed by atoms with Crippen LogP contribution in [0, 0.1) is 5.82 Å². The minimum absolute atomic E-state index is 0.0573. The Labute approximate surface area is 124 Å². The lowest BCUT2D eigenvalue weighted by Gasteiger charge is -2.37. The summed E-state index contributed by atoms with van der Waals surface area (Å²) in [6.07, 6.45) is 3.82. The van der Waals surface area contributed by atoms with Crippen LogP contribution in [0.25, 0.3) is 0 Å². The molecule has 0 radical (unpaired) electrons. The molecule has 0 aliphatic heterocycles. The number of carbonyl (C=O) groups excluding carboxylic acids is 1. The smallest absolute Gasteiger partial charge is 0.261 e. The van der Waals surface area contributed by atoms with Crippen molar-refractivity contribution in [2.45, 2.75) is 50.7 Å². The first kappa shape index (κ1) is 15.8. The third-order valence-corrected chi connectivity index (χ3v) is 4.01. The van der Waals surface area contributed by atoms with Gasteiger partial charge < -0.3 is 15.2 Å². The van der Waals surface area contributed by atoms with Crippen LogP contribution in [0.4, 0.5) is 4.39 Å². The Kier molecular flexibility index (Phi) is 5.17. The predicted molar refractivity (Wildman–Crippen MR) is 77.5 cm³/mol. The average Bonchev–Trinajstić information content (AvgIpc) is 2.50. The van der Waals surface area contributed by atoms with E-state index in [4.69, 9.17) is 4.74 Å². The van der Waals surface area contributed by atoms with Crippen molar-refractivity contribution in [1.82, 2.24) is 5.32 Å². The molecule has 1 atom stereocenters. The Morgan fingerprint density at radius 3 is 2.67 bits per heavy atom. The first-order chi connectivity index (χ1) is 10.1. The fourth-order valence-electron chi connectivity index (χ4n) is 2.70. The van der Waals surface area contributed by atoms with Crippen molar-refractivity contribution in [3.05, 3.63) is 30.1 Å². The third kappa shape index (κ3) is 3.94. The van der Waals surface area contributed by atoms with E-state index in [0.717, 1.165) is 32.1 Å². The summed E-state index contributed by atoms with van der Waals surface area (Å²) in [5.74, 6) is -0.761. The summed E-state index contributed by atoms with van der Waals surface area (Å²) in [6.45, 7) is 1.50. The van der Waals surface area contributed by atoms with Gasteiger partial charge in [0.25, 0.3) is 5.91 Å². The molecule has 1 aliphatic rings. The summed E-state index contributed by atoms with van der Waals surface area (Å²) >= 11 is 0. The number of para-hydroxylation sites is 1. The van der Waals surface area contributed by atoms with E-state index in [1.165, 1.54) is 12.1 Å². The molecule has 0 aromatic heterocycles. The highest BCUT2D eigenvalue weighted by Crippen LogP contribution is 2.28. The van der Waals surface area contributed by atoms with Crippen molar-refractivity contribution in [1.29, 1.82) is 0 Å². The lowest BCUT2D eigenvalue weighted by molar-refractivity contribution is -0.130. The average molecular weight is 295 g/mol. The molecule has 0 spiro atoms. The first-order valence-electron chi connectivity index (χ1n) is 7.40. The van der Waals surface area contributed by atoms with Crippen LogP contribution >= 0.6 is 0 Å². The van der Waals surface area contributed by atoms with Gasteiger partial charge in [0.1, 0.15) is 0 Å². The molecule has 1 aromatic carbocycles. The van der Waals surface area contributed by atoms with Crippen LogP contribution in [0.3, 0.4) is 0 Å². The molecule has 0 bridgehead atoms. The normalized spacial score (nSPS) is 18.8. The van der Waals surface area contributed by atoms with Crippen molar-refractivity contribution >= 4 is 5.91 Å². The molecule has 1 fully saturated rings. The van der Waals surface area contributed by atoms with Gasteiger partial charge >= 0.3 is 0 Å². The number of hydrogen-bond acceptors (Lipinski definition) is 3. The lowest BCUT2D eigenvalue weighted by atomic mass is 9.82. The number of rotatable bonds is 5. The van der Waals surface area contributed by atoms with E-state index in [9.17, 15) is 14.3 Å². The minimum Gasteiger partial charge on any atom is -0.478 e. The third-order valence-electron chi connectivity index (χ3n) is 4.01. The van der Waals surface area contributed by atoms with Crippen LogP contribution in [0.1, 0.15) is 39.0 Å². The van der Waals surface area contributed by atoms with E-state index in [-0.39, 0.29) is 18.3 Å².